The monoisotopic (exact) mass is 2240 g/mol. The van der Waals surface area contributed by atoms with Crippen molar-refractivity contribution in [3.63, 3.8) is 0 Å². The number of halogens is 2. The van der Waals surface area contributed by atoms with Gasteiger partial charge in [0.25, 0.3) is 29.5 Å². The molecule has 0 aliphatic carbocycles. The summed E-state index contributed by atoms with van der Waals surface area (Å²) in [7, 11) is 2.09. The Morgan fingerprint density at radius 3 is 0.958 bits per heavy atom. The van der Waals surface area contributed by atoms with Crippen LogP contribution in [-0.4, -0.2) is 200 Å². The van der Waals surface area contributed by atoms with Crippen LogP contribution in [0.25, 0.3) is 75.4 Å². The van der Waals surface area contributed by atoms with Crippen LogP contribution < -0.4 is 143 Å². The maximum Gasteiger partial charge on any atom is 1.00 e. The van der Waals surface area contributed by atoms with Gasteiger partial charge in [-0.1, -0.05) is 224 Å². The van der Waals surface area contributed by atoms with E-state index in [4.69, 9.17) is 9.05 Å². The third kappa shape index (κ3) is 30.9. The normalized spacial score (nSPS) is 13.5. The number of nitrogens with zero attached hydrogens (tertiary/aromatic N) is 5. The van der Waals surface area contributed by atoms with Crippen LogP contribution in [0.15, 0.2) is 285 Å². The standard InChI is InChI=1S/C44H43N2O6P.C40H35N2O6P.C17H20N2O.C4H6O4.C2H3BO2.CH5N.I2.2K.Na.H2.2H/c1-4-51-53(50,52-5-2)42(38-20-12-18-31-14-10-11-19-37(31)38)41(47)39-28-33-16-8-9-17-34(33)29-40(39)44(49)45(3)36-23-25-46(26-24-36)43(48)35-22-21-30-13-6-7-15-32(30)27-35;1-41(32-19-21-42(22-20-32)39(44)31-18-17-26-9-2-3-11-28(26)23-31)40(45)36-25-30-13-5-4-12-29(30)24-35(36)37(43)38(49(46,47)48)34-16-8-14-27-10-6-7-15-33(27)34;1-18-16-8-10-19(11-9-16)17(20)15-7-6-13-4-2-3-5-14(13)12-15;1-3(5)7-8-4(2)6;1-2(4)5-3;2*1-2;;;;;;/h6-22,27-29,36,42H,4-5,23-26H2,1-3H3;2-18,23-25,32,38H,19-22H2,1H3,(H2,46,47,48);2-7,12,16,18H,8-11H2,1H3;1-2H3;1H3;2H2,1H3;;;;;1H;;/q;;;;-1;;;3*+1;;2*-1. The number of amides is 5. The molecule has 2 unspecified atom stereocenters. The van der Waals surface area contributed by atoms with Gasteiger partial charge in [-0.3, -0.25) is 47.5 Å². The van der Waals surface area contributed by atoms with Crippen molar-refractivity contribution in [1.82, 2.24) is 29.8 Å². The van der Waals surface area contributed by atoms with Crippen LogP contribution in [0, 0.1) is 0 Å². The molecule has 5 N–H and O–H groups in total. The second kappa shape index (κ2) is 57.9. The van der Waals surface area contributed by atoms with Crippen molar-refractivity contribution in [2.24, 2.45) is 5.73 Å². The fourth-order valence-electron chi connectivity index (χ4n) is 17.6. The first kappa shape index (κ1) is 119. The minimum atomic E-state index is -5.05. The molecule has 26 nitrogen and oxygen atoms in total. The Morgan fingerprint density at radius 1 is 0.408 bits per heavy atom. The zero-order valence-electron chi connectivity index (χ0n) is 83.8. The summed E-state index contributed by atoms with van der Waals surface area (Å²) in [6.07, 6.45) is 4.33. The Kier molecular flexibility index (Phi) is 48.7. The number of likely N-dealkylation sites (tertiary alicyclic amines) is 3. The predicted molar refractivity (Wildman–Crippen MR) is 568 cm³/mol. The van der Waals surface area contributed by atoms with Crippen molar-refractivity contribution in [2.75, 3.05) is 80.7 Å². The fourth-order valence-corrected chi connectivity index (χ4v) is 20.7. The fraction of sp³-hybridized carbons (Fsp3) is 0.259. The molecule has 727 valence electrons. The molecule has 5 amide bonds. The van der Waals surface area contributed by atoms with Gasteiger partial charge in [-0.05, 0) is 214 Å². The Hall–Kier alpha value is -7.98. The predicted octanol–water partition coefficient (Wildman–Crippen LogP) is 12.5. The molecule has 0 saturated carbocycles. The Balaban J connectivity index is 0.000000368. The summed E-state index contributed by atoms with van der Waals surface area (Å²) in [5.74, 6) is -3.74. The summed E-state index contributed by atoms with van der Waals surface area (Å²) in [4.78, 5) is 165. The number of hydrogen-bond acceptors (Lipinski definition) is 19. The smallest absolute Gasteiger partial charge is 1.00 e. The first-order valence-corrected chi connectivity index (χ1v) is 55.1. The summed E-state index contributed by atoms with van der Waals surface area (Å²) in [5.41, 5.74) is 4.57. The molecule has 3 aliphatic rings. The molecule has 0 aromatic heterocycles. The van der Waals surface area contributed by atoms with Crippen molar-refractivity contribution in [2.45, 2.75) is 103 Å². The van der Waals surface area contributed by atoms with Gasteiger partial charge in [0, 0.05) is 159 Å². The van der Waals surface area contributed by atoms with Crippen molar-refractivity contribution in [1.29, 1.82) is 0 Å². The molecule has 0 spiro atoms. The maximum absolute atomic E-state index is 15.1. The summed E-state index contributed by atoms with van der Waals surface area (Å²) >= 11 is 4.24. The van der Waals surface area contributed by atoms with Crippen LogP contribution in [0.4, 0.5) is 0 Å². The van der Waals surface area contributed by atoms with E-state index >= 15 is 4.79 Å². The maximum atomic E-state index is 15.1. The van der Waals surface area contributed by atoms with Crippen LogP contribution in [0.3, 0.4) is 0 Å². The molecule has 2 atom stereocenters. The second-order valence-corrected chi connectivity index (χ2v) is 37.1. The number of carbonyl (C=O) groups is 10. The molecule has 17 rings (SSSR count). The van der Waals surface area contributed by atoms with Crippen LogP contribution in [0.5, 0.6) is 0 Å². The topological polar surface area (TPSA) is 346 Å². The molecule has 0 bridgehead atoms. The number of rotatable bonds is 20. The number of benzene rings is 14. The quantitative estimate of drug-likeness (QED) is 0.0137. The van der Waals surface area contributed by atoms with Crippen LogP contribution in [-0.2, 0) is 47.0 Å². The molecule has 14 aromatic carbocycles. The summed E-state index contributed by atoms with van der Waals surface area (Å²) in [5, 5.41) is 15.7. The van der Waals surface area contributed by atoms with Crippen molar-refractivity contribution >= 4 is 195 Å². The van der Waals surface area contributed by atoms with Gasteiger partial charge in [-0.25, -0.2) is 19.4 Å². The van der Waals surface area contributed by atoms with Gasteiger partial charge in [0.2, 0.25) is 5.97 Å². The van der Waals surface area contributed by atoms with Gasteiger partial charge in [-0.15, -0.1) is 0 Å². The SMILES string of the molecule is CC(=O)OOC(C)=O.CCOP(=O)(OCC)C(C(=O)c1cc2ccccc2cc1C(=O)N(C)C1CCN(C(=O)c2ccc3ccccc3c2)CC1)c1cccc2ccccc12.CN.CN(C(=O)c1cc2ccccc2cc1C(=O)C(c1cccc2ccccc12)P(=O)(O)O)C1CCN(C(=O)c2ccc3ccccc3c2)CC1.CNC1CCN(C(=O)c2ccc3ccccc3c2)CC1.II.[B-]OC(C)=O.[H-].[H-].[HH].[K+].[K+].[Na+]. The molecule has 3 saturated heterocycles. The molecule has 3 fully saturated rings. The number of Topliss-reactive ketones (excluding diaryl/α,β-unsaturated/α-hetero) is 2. The summed E-state index contributed by atoms with van der Waals surface area (Å²) in [6.45, 7) is 10.7. The molecular formula is C108H116BI2K2N7NaO19P2. The number of fused-ring (bicyclic) bond motifs is 7. The van der Waals surface area contributed by atoms with Crippen LogP contribution >= 0.6 is 52.4 Å². The number of hydrogen-bond donors (Lipinski definition) is 4. The van der Waals surface area contributed by atoms with Gasteiger partial charge in [0.1, 0.15) is 11.3 Å². The molecule has 3 heterocycles. The van der Waals surface area contributed by atoms with E-state index in [0.717, 1.165) is 105 Å². The molecule has 3 radical (unpaired) electrons. The zero-order chi connectivity index (χ0) is 100. The zero-order valence-corrected chi connectivity index (χ0v) is 96.1. The third-order valence-corrected chi connectivity index (χ3v) is 28.2. The summed E-state index contributed by atoms with van der Waals surface area (Å²) in [6, 6.07) is 88.5. The van der Waals surface area contributed by atoms with E-state index in [1.807, 2.05) is 229 Å². The molecular weight excluding hydrogens is 2130 g/mol. The van der Waals surface area contributed by atoms with E-state index < -0.39 is 61.9 Å². The van der Waals surface area contributed by atoms with E-state index in [1.165, 1.54) is 19.4 Å². The van der Waals surface area contributed by atoms with E-state index in [9.17, 15) is 62.1 Å². The molecule has 142 heavy (non-hydrogen) atoms. The van der Waals surface area contributed by atoms with Gasteiger partial charge in [-0.2, -0.15) is 0 Å². The van der Waals surface area contributed by atoms with Crippen LogP contribution in [0.2, 0.25) is 0 Å². The molecule has 14 aromatic rings. The number of carbonyl (C=O) groups excluding carboxylic acids is 10. The molecule has 3 aliphatic heterocycles. The second-order valence-electron chi connectivity index (χ2n) is 33.3. The average molecular weight is 2240 g/mol. The van der Waals surface area contributed by atoms with Gasteiger partial charge >= 0.3 is 159 Å². The number of piperidine rings is 3. The Morgan fingerprint density at radius 2 is 0.669 bits per heavy atom. The number of ketones is 2. The minimum Gasteiger partial charge on any atom is -1.00 e. The van der Waals surface area contributed by atoms with E-state index in [-0.39, 0.29) is 213 Å². The summed E-state index contributed by atoms with van der Waals surface area (Å²) < 4.78 is 43.2. The Bertz CT molecular complexity index is 6890. The average Bonchev–Trinajstić information content (AvgIpc) is 0.750. The van der Waals surface area contributed by atoms with Gasteiger partial charge in [0.05, 0.1) is 24.3 Å². The third-order valence-electron chi connectivity index (χ3n) is 24.6. The van der Waals surface area contributed by atoms with Crippen molar-refractivity contribution < 1.29 is 227 Å². The van der Waals surface area contributed by atoms with Gasteiger partial charge in [0.15, 0.2) is 11.6 Å². The largest absolute Gasteiger partial charge is 1.00 e. The van der Waals surface area contributed by atoms with Gasteiger partial charge < -0.3 is 69.9 Å². The molecule has 34 heteroatoms. The van der Waals surface area contributed by atoms with E-state index in [0.29, 0.717) is 85.4 Å². The van der Waals surface area contributed by atoms with Crippen molar-refractivity contribution in [3.8, 4) is 0 Å². The van der Waals surface area contributed by atoms with E-state index in [1.54, 1.807) is 103 Å². The number of nitrogens with two attached hydrogens (primary N) is 1. The van der Waals surface area contributed by atoms with Crippen LogP contribution in [0.1, 0.15) is 172 Å². The van der Waals surface area contributed by atoms with E-state index in [2.05, 4.69) is 82.9 Å². The Labute approximate surface area is 963 Å². The van der Waals surface area contributed by atoms with Crippen molar-refractivity contribution in [3.05, 3.63) is 335 Å². The minimum absolute atomic E-state index is 0. The number of nitrogens with one attached hydrogen (secondary N) is 1. The first-order valence-electron chi connectivity index (χ1n) is 45.5. The first-order chi connectivity index (χ1) is 67.0.